The number of nitrogens with zero attached hydrogens (tertiary/aromatic N) is 3. The molecule has 0 radical (unpaired) electrons. The van der Waals surface area contributed by atoms with Gasteiger partial charge >= 0.3 is 6.18 Å². The van der Waals surface area contributed by atoms with Crippen LogP contribution in [0.15, 0.2) is 53.7 Å². The Morgan fingerprint density at radius 2 is 1.55 bits per heavy atom. The smallest absolute Gasteiger partial charge is 0.270 e. The zero-order valence-electron chi connectivity index (χ0n) is 16.3. The van der Waals surface area contributed by atoms with E-state index in [1.165, 1.54) is 5.56 Å². The first-order chi connectivity index (χ1) is 13.5. The van der Waals surface area contributed by atoms with E-state index in [4.69, 9.17) is 11.6 Å². The molecule has 0 unspecified atom stereocenters. The fourth-order valence-corrected chi connectivity index (χ4v) is 3.81. The van der Waals surface area contributed by atoms with E-state index in [0.29, 0.717) is 16.0 Å². The number of hydrogen-bond donors (Lipinski definition) is 0. The Labute approximate surface area is 177 Å². The highest BCUT2D eigenvalue weighted by Crippen LogP contribution is 2.32. The van der Waals surface area contributed by atoms with Gasteiger partial charge in [0.1, 0.15) is 0 Å². The monoisotopic (exact) mass is 439 g/mol. The highest BCUT2D eigenvalue weighted by Gasteiger charge is 2.27. The number of rotatable bonds is 5. The minimum absolute atomic E-state index is 0.0149. The van der Waals surface area contributed by atoms with Gasteiger partial charge in [0.15, 0.2) is 11.0 Å². The Balaban J connectivity index is 1.99. The number of halogens is 4. The molecule has 0 N–H and O–H groups in total. The second-order valence-corrected chi connectivity index (χ2v) is 9.16. The summed E-state index contributed by atoms with van der Waals surface area (Å²) >= 11 is 7.03. The Morgan fingerprint density at radius 3 is 2.10 bits per heavy atom. The van der Waals surface area contributed by atoms with Crippen molar-refractivity contribution in [3.05, 3.63) is 59.1 Å². The van der Waals surface area contributed by atoms with Gasteiger partial charge in [-0.05, 0) is 35.2 Å². The first kappa shape index (κ1) is 21.7. The van der Waals surface area contributed by atoms with Crippen LogP contribution >= 0.6 is 23.4 Å². The number of benzene rings is 2. The maximum absolute atomic E-state index is 12.6. The van der Waals surface area contributed by atoms with E-state index in [1.54, 1.807) is 28.8 Å². The lowest BCUT2D eigenvalue weighted by molar-refractivity contribution is -0.129. The maximum Gasteiger partial charge on any atom is 0.389 e. The average molecular weight is 440 g/mol. The molecule has 0 amide bonds. The molecule has 0 bridgehead atoms. The van der Waals surface area contributed by atoms with Crippen LogP contribution in [0.1, 0.15) is 32.8 Å². The summed E-state index contributed by atoms with van der Waals surface area (Å²) in [6.45, 7) is 6.40. The van der Waals surface area contributed by atoms with Gasteiger partial charge in [-0.3, -0.25) is 4.57 Å². The van der Waals surface area contributed by atoms with Gasteiger partial charge in [-0.15, -0.1) is 10.2 Å². The second-order valence-electron chi connectivity index (χ2n) is 7.66. The molecule has 1 aromatic heterocycles. The molecule has 29 heavy (non-hydrogen) atoms. The maximum atomic E-state index is 12.6. The van der Waals surface area contributed by atoms with Gasteiger partial charge in [-0.25, -0.2) is 0 Å². The van der Waals surface area contributed by atoms with Crippen molar-refractivity contribution in [3.8, 4) is 17.1 Å². The Bertz CT molecular complexity index is 959. The van der Waals surface area contributed by atoms with Crippen LogP contribution in [-0.2, 0) is 5.41 Å². The third-order valence-electron chi connectivity index (χ3n) is 4.34. The fraction of sp³-hybridized carbons (Fsp3) is 0.333. The quantitative estimate of drug-likeness (QED) is 0.404. The molecule has 0 saturated heterocycles. The number of thioether (sulfide) groups is 1. The fourth-order valence-electron chi connectivity index (χ4n) is 2.75. The van der Waals surface area contributed by atoms with Crippen LogP contribution in [-0.4, -0.2) is 26.7 Å². The first-order valence-electron chi connectivity index (χ1n) is 9.06. The standard InChI is InChI=1S/C21H21ClF3N3S/c1-20(2,3)15-6-4-14(5-7-15)18-26-27-19(29-13-12-21(23,24)25)28(18)17-10-8-16(22)9-11-17/h4-11H,12-13H2,1-3H3. The second kappa shape index (κ2) is 8.40. The summed E-state index contributed by atoms with van der Waals surface area (Å²) in [4.78, 5) is 0. The van der Waals surface area contributed by atoms with E-state index in [-0.39, 0.29) is 11.2 Å². The molecule has 0 fully saturated rings. The van der Waals surface area contributed by atoms with Crippen LogP contribution in [0.5, 0.6) is 0 Å². The molecule has 0 aliphatic carbocycles. The minimum atomic E-state index is -4.20. The minimum Gasteiger partial charge on any atom is -0.270 e. The lowest BCUT2D eigenvalue weighted by Gasteiger charge is -2.19. The van der Waals surface area contributed by atoms with Gasteiger partial charge in [0.2, 0.25) is 0 Å². The summed E-state index contributed by atoms with van der Waals surface area (Å²) < 4.78 is 39.4. The lowest BCUT2D eigenvalue weighted by atomic mass is 9.87. The van der Waals surface area contributed by atoms with Crippen molar-refractivity contribution < 1.29 is 13.2 Å². The molecule has 3 aromatic rings. The van der Waals surface area contributed by atoms with Crippen LogP contribution in [0.3, 0.4) is 0 Å². The molecule has 8 heteroatoms. The van der Waals surface area contributed by atoms with Crippen LogP contribution < -0.4 is 0 Å². The predicted molar refractivity (Wildman–Crippen MR) is 112 cm³/mol. The van der Waals surface area contributed by atoms with E-state index < -0.39 is 12.6 Å². The molecule has 2 aromatic carbocycles. The van der Waals surface area contributed by atoms with E-state index in [1.807, 2.05) is 24.3 Å². The van der Waals surface area contributed by atoms with E-state index >= 15 is 0 Å². The first-order valence-corrected chi connectivity index (χ1v) is 10.4. The van der Waals surface area contributed by atoms with Crippen LogP contribution in [0.4, 0.5) is 13.2 Å². The highest BCUT2D eigenvalue weighted by molar-refractivity contribution is 7.99. The van der Waals surface area contributed by atoms with Crippen LogP contribution in [0, 0.1) is 0 Å². The molecule has 0 atom stereocenters. The summed E-state index contributed by atoms with van der Waals surface area (Å²) in [5, 5.41) is 9.41. The molecule has 3 rings (SSSR count). The average Bonchev–Trinajstić information content (AvgIpc) is 3.04. The lowest BCUT2D eigenvalue weighted by Crippen LogP contribution is -2.10. The largest absolute Gasteiger partial charge is 0.389 e. The SMILES string of the molecule is CC(C)(C)c1ccc(-c2nnc(SCCC(F)(F)F)n2-c2ccc(Cl)cc2)cc1. The number of alkyl halides is 3. The predicted octanol–water partition coefficient (Wildman–Crippen LogP) is 6.93. The van der Waals surface area contributed by atoms with E-state index in [9.17, 15) is 13.2 Å². The highest BCUT2D eigenvalue weighted by atomic mass is 35.5. The topological polar surface area (TPSA) is 30.7 Å². The van der Waals surface area contributed by atoms with Crippen molar-refractivity contribution in [2.75, 3.05) is 5.75 Å². The molecule has 154 valence electrons. The van der Waals surface area contributed by atoms with Gasteiger partial charge in [0.05, 0.1) is 6.42 Å². The van der Waals surface area contributed by atoms with Gasteiger partial charge < -0.3 is 0 Å². The molecule has 1 heterocycles. The molecular formula is C21H21ClF3N3S. The van der Waals surface area contributed by atoms with Crippen LogP contribution in [0.25, 0.3) is 17.1 Å². The Morgan fingerprint density at radius 1 is 0.931 bits per heavy atom. The third-order valence-corrected chi connectivity index (χ3v) is 5.53. The van der Waals surface area contributed by atoms with Crippen molar-refractivity contribution in [3.63, 3.8) is 0 Å². The molecular weight excluding hydrogens is 419 g/mol. The van der Waals surface area contributed by atoms with Gasteiger partial charge in [-0.2, -0.15) is 13.2 Å². The van der Waals surface area contributed by atoms with Crippen molar-refractivity contribution in [1.29, 1.82) is 0 Å². The van der Waals surface area contributed by atoms with E-state index in [2.05, 4.69) is 31.0 Å². The third kappa shape index (κ3) is 5.54. The molecule has 0 saturated carbocycles. The normalized spacial score (nSPS) is 12.4. The number of hydrogen-bond acceptors (Lipinski definition) is 3. The van der Waals surface area contributed by atoms with Crippen molar-refractivity contribution in [1.82, 2.24) is 14.8 Å². The molecule has 0 aliphatic heterocycles. The van der Waals surface area contributed by atoms with Crippen molar-refractivity contribution >= 4 is 23.4 Å². The zero-order valence-corrected chi connectivity index (χ0v) is 17.9. The van der Waals surface area contributed by atoms with Gasteiger partial charge in [-0.1, -0.05) is 68.4 Å². The van der Waals surface area contributed by atoms with Crippen LogP contribution in [0.2, 0.25) is 5.02 Å². The van der Waals surface area contributed by atoms with Gasteiger partial charge in [0, 0.05) is 22.0 Å². The Hall–Kier alpha value is -1.99. The van der Waals surface area contributed by atoms with Crippen molar-refractivity contribution in [2.45, 2.75) is 43.9 Å². The molecule has 3 nitrogen and oxygen atoms in total. The summed E-state index contributed by atoms with van der Waals surface area (Å²) in [6, 6.07) is 15.0. The summed E-state index contributed by atoms with van der Waals surface area (Å²) in [7, 11) is 0. The Kier molecular flexibility index (Phi) is 6.29. The zero-order chi connectivity index (χ0) is 21.2. The summed E-state index contributed by atoms with van der Waals surface area (Å²) in [6.07, 6.45) is -5.09. The summed E-state index contributed by atoms with van der Waals surface area (Å²) in [5.41, 5.74) is 2.77. The van der Waals surface area contributed by atoms with E-state index in [0.717, 1.165) is 23.0 Å². The van der Waals surface area contributed by atoms with Gasteiger partial charge in [0.25, 0.3) is 0 Å². The van der Waals surface area contributed by atoms with Crippen molar-refractivity contribution in [2.24, 2.45) is 0 Å². The molecule has 0 spiro atoms. The molecule has 0 aliphatic rings. The summed E-state index contributed by atoms with van der Waals surface area (Å²) in [5.74, 6) is 0.445. The number of aromatic nitrogens is 3.